The summed E-state index contributed by atoms with van der Waals surface area (Å²) in [6.07, 6.45) is 2.75. The number of nitrogens with zero attached hydrogens (tertiary/aromatic N) is 1. The Morgan fingerprint density at radius 2 is 1.67 bits per heavy atom. The molecule has 3 aromatic rings. The number of carbonyl (C=O) groups excluding carboxylic acids is 2. The minimum Gasteiger partial charge on any atom is -0.463 e. The molecule has 1 saturated heterocycles. The molecule has 0 unspecified atom stereocenters. The van der Waals surface area contributed by atoms with E-state index in [0.717, 1.165) is 11.1 Å². The molecule has 134 valence electrons. The Morgan fingerprint density at radius 3 is 2.41 bits per heavy atom. The van der Waals surface area contributed by atoms with Crippen LogP contribution in [0.3, 0.4) is 0 Å². The van der Waals surface area contributed by atoms with Crippen LogP contribution in [0.2, 0.25) is 0 Å². The van der Waals surface area contributed by atoms with E-state index < -0.39 is 5.91 Å². The molecule has 1 fully saturated rings. The van der Waals surface area contributed by atoms with Crippen molar-refractivity contribution in [3.05, 3.63) is 81.2 Å². The highest BCUT2D eigenvalue weighted by atomic mass is 16.3. The number of hydrogen-bond acceptors (Lipinski definition) is 4. The third-order valence-electron chi connectivity index (χ3n) is 4.77. The lowest BCUT2D eigenvalue weighted by molar-refractivity contribution is -0.120. The Kier molecular flexibility index (Phi) is 4.00. The number of fused-ring (bicyclic) bond motifs is 1. The molecular weight excluding hydrogens is 342 g/mol. The van der Waals surface area contributed by atoms with Crippen LogP contribution in [0.4, 0.5) is 5.69 Å². The number of anilines is 1. The van der Waals surface area contributed by atoms with Crippen LogP contribution in [0.5, 0.6) is 0 Å². The Labute approximate surface area is 155 Å². The van der Waals surface area contributed by atoms with Crippen LogP contribution in [-0.4, -0.2) is 11.8 Å². The van der Waals surface area contributed by atoms with Crippen molar-refractivity contribution in [1.29, 1.82) is 0 Å². The smallest absolute Gasteiger partial charge is 0.261 e. The molecule has 4 rings (SSSR count). The van der Waals surface area contributed by atoms with Gasteiger partial charge in [-0.25, -0.2) is 4.90 Å². The Balaban J connectivity index is 1.79. The highest BCUT2D eigenvalue weighted by Crippen LogP contribution is 2.32. The van der Waals surface area contributed by atoms with E-state index >= 15 is 0 Å². The third-order valence-corrected chi connectivity index (χ3v) is 4.77. The van der Waals surface area contributed by atoms with Crippen LogP contribution >= 0.6 is 0 Å². The number of para-hydroxylation sites is 2. The Hall–Kier alpha value is -3.47. The van der Waals surface area contributed by atoms with Gasteiger partial charge in [-0.3, -0.25) is 14.4 Å². The van der Waals surface area contributed by atoms with Crippen molar-refractivity contribution in [2.45, 2.75) is 20.3 Å². The van der Waals surface area contributed by atoms with Gasteiger partial charge in [0.2, 0.25) is 5.91 Å². The molecular formula is C22H17NO4. The van der Waals surface area contributed by atoms with Gasteiger partial charge >= 0.3 is 0 Å². The summed E-state index contributed by atoms with van der Waals surface area (Å²) in [5.74, 6) is -0.696. The first-order chi connectivity index (χ1) is 13.0. The zero-order valence-electron chi connectivity index (χ0n) is 15.0. The summed E-state index contributed by atoms with van der Waals surface area (Å²) in [5.41, 5.74) is 3.11. The minimum absolute atomic E-state index is 0.0428. The van der Waals surface area contributed by atoms with Gasteiger partial charge in [-0.15, -0.1) is 0 Å². The van der Waals surface area contributed by atoms with Crippen molar-refractivity contribution in [3.8, 4) is 0 Å². The van der Waals surface area contributed by atoms with Crippen LogP contribution in [0.15, 0.2) is 63.5 Å². The predicted molar refractivity (Wildman–Crippen MR) is 103 cm³/mol. The second-order valence-electron chi connectivity index (χ2n) is 6.64. The fourth-order valence-corrected chi connectivity index (χ4v) is 3.45. The van der Waals surface area contributed by atoms with Gasteiger partial charge in [0.05, 0.1) is 23.1 Å². The second-order valence-corrected chi connectivity index (χ2v) is 6.64. The molecule has 2 amide bonds. The van der Waals surface area contributed by atoms with Crippen molar-refractivity contribution in [1.82, 2.24) is 0 Å². The van der Waals surface area contributed by atoms with Gasteiger partial charge in [0.25, 0.3) is 5.91 Å². The molecule has 5 heteroatoms. The molecule has 0 aliphatic carbocycles. The van der Waals surface area contributed by atoms with Crippen molar-refractivity contribution >= 4 is 34.5 Å². The zero-order chi connectivity index (χ0) is 19.1. The molecule has 5 nitrogen and oxygen atoms in total. The molecule has 0 saturated carbocycles. The molecule has 0 atom stereocenters. The van der Waals surface area contributed by atoms with E-state index in [4.69, 9.17) is 4.42 Å². The van der Waals surface area contributed by atoms with E-state index in [-0.39, 0.29) is 28.9 Å². The number of benzene rings is 2. The van der Waals surface area contributed by atoms with E-state index in [1.165, 1.54) is 17.2 Å². The molecule has 1 aliphatic rings. The van der Waals surface area contributed by atoms with Crippen LogP contribution in [0.1, 0.15) is 23.1 Å². The van der Waals surface area contributed by atoms with Crippen molar-refractivity contribution < 1.29 is 14.0 Å². The molecule has 1 aliphatic heterocycles. The summed E-state index contributed by atoms with van der Waals surface area (Å²) in [6, 6.07) is 12.5. The van der Waals surface area contributed by atoms with Crippen molar-refractivity contribution in [2.75, 3.05) is 4.90 Å². The molecule has 0 bridgehead atoms. The lowest BCUT2D eigenvalue weighted by atomic mass is 10.1. The normalized spacial score (nSPS) is 15.9. The van der Waals surface area contributed by atoms with E-state index in [1.54, 1.807) is 24.3 Å². The maximum atomic E-state index is 12.9. The predicted octanol–water partition coefficient (Wildman–Crippen LogP) is 3.76. The monoisotopic (exact) mass is 359 g/mol. The van der Waals surface area contributed by atoms with Crippen LogP contribution in [-0.2, 0) is 9.59 Å². The maximum absolute atomic E-state index is 12.9. The van der Waals surface area contributed by atoms with Crippen molar-refractivity contribution in [2.24, 2.45) is 0 Å². The Bertz CT molecular complexity index is 1170. The first-order valence-electron chi connectivity index (χ1n) is 8.62. The lowest BCUT2D eigenvalue weighted by Gasteiger charge is -2.18. The molecule has 1 aromatic heterocycles. The SMILES string of the molecule is Cc1cccc(C)c1N1C(=O)C/C(=C/c2coc3ccccc3c2=O)C1=O. The van der Waals surface area contributed by atoms with Gasteiger partial charge in [0.15, 0.2) is 5.43 Å². The standard InChI is InChI=1S/C22H17NO4/c1-13-6-5-7-14(2)20(13)23-19(24)11-15(22(23)26)10-16-12-27-18-9-4-3-8-17(18)21(16)25/h3-10,12H,11H2,1-2H3/b15-10-. The second kappa shape index (κ2) is 6.36. The lowest BCUT2D eigenvalue weighted by Crippen LogP contribution is -2.30. The topological polar surface area (TPSA) is 67.6 Å². The fourth-order valence-electron chi connectivity index (χ4n) is 3.45. The molecule has 27 heavy (non-hydrogen) atoms. The van der Waals surface area contributed by atoms with E-state index in [2.05, 4.69) is 0 Å². The number of aryl methyl sites for hydroxylation is 2. The van der Waals surface area contributed by atoms with Gasteiger partial charge in [-0.05, 0) is 43.2 Å². The van der Waals surface area contributed by atoms with Crippen LogP contribution in [0.25, 0.3) is 17.0 Å². The first-order valence-corrected chi connectivity index (χ1v) is 8.62. The highest BCUT2D eigenvalue weighted by Gasteiger charge is 2.36. The molecule has 2 heterocycles. The molecule has 0 spiro atoms. The van der Waals surface area contributed by atoms with Gasteiger partial charge in [0.1, 0.15) is 11.8 Å². The minimum atomic E-state index is -0.398. The van der Waals surface area contributed by atoms with Crippen LogP contribution < -0.4 is 10.3 Å². The third kappa shape index (κ3) is 2.77. The number of hydrogen-bond donors (Lipinski definition) is 0. The van der Waals surface area contributed by atoms with Gasteiger partial charge in [0, 0.05) is 5.57 Å². The van der Waals surface area contributed by atoms with Gasteiger partial charge in [-0.1, -0.05) is 30.3 Å². The average Bonchev–Trinajstić information content (AvgIpc) is 2.92. The summed E-state index contributed by atoms with van der Waals surface area (Å²) in [4.78, 5) is 39.3. The Morgan fingerprint density at radius 1 is 0.963 bits per heavy atom. The summed E-state index contributed by atoms with van der Waals surface area (Å²) < 4.78 is 5.49. The number of carbonyl (C=O) groups is 2. The summed E-state index contributed by atoms with van der Waals surface area (Å²) in [6.45, 7) is 3.73. The molecule has 2 aromatic carbocycles. The van der Waals surface area contributed by atoms with E-state index in [9.17, 15) is 14.4 Å². The molecule has 0 radical (unpaired) electrons. The zero-order valence-corrected chi connectivity index (χ0v) is 15.0. The fraction of sp³-hybridized carbons (Fsp3) is 0.136. The average molecular weight is 359 g/mol. The molecule has 0 N–H and O–H groups in total. The van der Waals surface area contributed by atoms with Gasteiger partial charge in [-0.2, -0.15) is 0 Å². The quantitative estimate of drug-likeness (QED) is 0.516. The van der Waals surface area contributed by atoms with Gasteiger partial charge < -0.3 is 4.42 Å². The summed E-state index contributed by atoms with van der Waals surface area (Å²) >= 11 is 0. The highest BCUT2D eigenvalue weighted by molar-refractivity contribution is 6.30. The van der Waals surface area contributed by atoms with Crippen molar-refractivity contribution in [3.63, 3.8) is 0 Å². The number of amides is 2. The maximum Gasteiger partial charge on any atom is 0.261 e. The summed E-state index contributed by atoms with van der Waals surface area (Å²) in [7, 11) is 0. The largest absolute Gasteiger partial charge is 0.463 e. The van der Waals surface area contributed by atoms with E-state index in [0.29, 0.717) is 16.7 Å². The first kappa shape index (κ1) is 17.0. The number of rotatable bonds is 2. The van der Waals surface area contributed by atoms with Crippen LogP contribution in [0, 0.1) is 13.8 Å². The summed E-state index contributed by atoms with van der Waals surface area (Å²) in [5, 5.41) is 0.440. The number of imide groups is 1. The van der Waals surface area contributed by atoms with E-state index in [1.807, 2.05) is 32.0 Å².